The molecule has 2 aliphatic heterocycles. The normalized spacial score (nSPS) is 24.3. The van der Waals surface area contributed by atoms with Crippen molar-refractivity contribution in [1.29, 1.82) is 0 Å². The molecule has 1 atom stereocenters. The summed E-state index contributed by atoms with van der Waals surface area (Å²) in [6.07, 6.45) is 2.31. The van der Waals surface area contributed by atoms with Crippen LogP contribution < -0.4 is 9.47 Å². The van der Waals surface area contributed by atoms with Crippen LogP contribution in [0, 0.1) is 11.3 Å². The molecule has 1 unspecified atom stereocenters. The van der Waals surface area contributed by atoms with Crippen LogP contribution in [0.1, 0.15) is 29.6 Å². The van der Waals surface area contributed by atoms with Crippen molar-refractivity contribution in [2.45, 2.75) is 19.3 Å². The second-order valence-corrected chi connectivity index (χ2v) is 6.61. The van der Waals surface area contributed by atoms with E-state index in [1.54, 1.807) is 18.2 Å². The lowest BCUT2D eigenvalue weighted by atomic mass is 9.90. The lowest BCUT2D eigenvalue weighted by Crippen LogP contribution is -2.40. The van der Waals surface area contributed by atoms with Crippen LogP contribution in [0.25, 0.3) is 0 Å². The number of ether oxygens (including phenoxy) is 2. The summed E-state index contributed by atoms with van der Waals surface area (Å²) in [5.41, 5.74) is 0.533. The molecular weight excluding hydrogens is 298 g/mol. The molecule has 1 N–H and O–H groups in total. The van der Waals surface area contributed by atoms with E-state index in [1.807, 2.05) is 4.90 Å². The van der Waals surface area contributed by atoms with E-state index in [0.717, 1.165) is 19.3 Å². The van der Waals surface area contributed by atoms with E-state index in [4.69, 9.17) is 14.6 Å². The van der Waals surface area contributed by atoms with E-state index >= 15 is 0 Å². The Hall–Kier alpha value is -2.24. The number of hydrogen-bond donors (Lipinski definition) is 1. The summed E-state index contributed by atoms with van der Waals surface area (Å²) in [5.74, 6) is 0.353. The van der Waals surface area contributed by atoms with Crippen LogP contribution in [-0.2, 0) is 4.79 Å². The van der Waals surface area contributed by atoms with Gasteiger partial charge < -0.3 is 19.5 Å². The van der Waals surface area contributed by atoms with Gasteiger partial charge in [-0.1, -0.05) is 0 Å². The van der Waals surface area contributed by atoms with Crippen LogP contribution in [0.5, 0.6) is 11.5 Å². The summed E-state index contributed by atoms with van der Waals surface area (Å²) in [6, 6.07) is 5.27. The summed E-state index contributed by atoms with van der Waals surface area (Å²) < 4.78 is 11.0. The number of carboxylic acids is 1. The highest BCUT2D eigenvalue weighted by Gasteiger charge is 2.59. The van der Waals surface area contributed by atoms with Gasteiger partial charge in [0.05, 0.1) is 5.92 Å². The van der Waals surface area contributed by atoms with Gasteiger partial charge >= 0.3 is 5.97 Å². The van der Waals surface area contributed by atoms with Gasteiger partial charge in [-0.25, -0.2) is 0 Å². The van der Waals surface area contributed by atoms with Gasteiger partial charge in [-0.05, 0) is 42.9 Å². The number of aliphatic carboxylic acids is 1. The SMILES string of the molecule is O=C(O)C1CC12CCN(C(=O)c1ccc3c(c1)OCCO3)CC2. The first-order valence-corrected chi connectivity index (χ1v) is 8.01. The zero-order valence-electron chi connectivity index (χ0n) is 12.8. The molecule has 2 heterocycles. The third-order valence-electron chi connectivity index (χ3n) is 5.32. The van der Waals surface area contributed by atoms with Crippen LogP contribution in [0.4, 0.5) is 0 Å². The van der Waals surface area contributed by atoms with E-state index in [-0.39, 0.29) is 17.2 Å². The molecule has 4 rings (SSSR count). The maximum Gasteiger partial charge on any atom is 0.307 e. The Morgan fingerprint density at radius 2 is 1.83 bits per heavy atom. The monoisotopic (exact) mass is 317 g/mol. The van der Waals surface area contributed by atoms with Gasteiger partial charge in [0.25, 0.3) is 5.91 Å². The van der Waals surface area contributed by atoms with Crippen LogP contribution in [0.2, 0.25) is 0 Å². The van der Waals surface area contributed by atoms with Crippen molar-refractivity contribution in [3.8, 4) is 11.5 Å². The lowest BCUT2D eigenvalue weighted by molar-refractivity contribution is -0.139. The molecule has 3 aliphatic rings. The Morgan fingerprint density at radius 3 is 2.48 bits per heavy atom. The fourth-order valence-corrected chi connectivity index (χ4v) is 3.76. The number of likely N-dealkylation sites (tertiary alicyclic amines) is 1. The predicted molar refractivity (Wildman–Crippen MR) is 80.7 cm³/mol. The maximum absolute atomic E-state index is 12.6. The summed E-state index contributed by atoms with van der Waals surface area (Å²) in [4.78, 5) is 25.6. The number of fused-ring (bicyclic) bond motifs is 1. The molecule has 1 aromatic carbocycles. The van der Waals surface area contributed by atoms with Crippen molar-refractivity contribution in [1.82, 2.24) is 4.90 Å². The van der Waals surface area contributed by atoms with Crippen LogP contribution in [0.3, 0.4) is 0 Å². The molecule has 23 heavy (non-hydrogen) atoms. The van der Waals surface area contributed by atoms with Crippen molar-refractivity contribution in [3.63, 3.8) is 0 Å². The minimum absolute atomic E-state index is 0.0238. The van der Waals surface area contributed by atoms with E-state index < -0.39 is 5.97 Å². The molecule has 1 spiro atoms. The Bertz CT molecular complexity index is 663. The molecule has 1 saturated carbocycles. The standard InChI is InChI=1S/C17H19NO5/c19-15(11-1-2-13-14(9-11)23-8-7-22-13)18-5-3-17(4-6-18)10-12(17)16(20)21/h1-2,9,12H,3-8,10H2,(H,20,21). The van der Waals surface area contributed by atoms with Crippen molar-refractivity contribution in [2.24, 2.45) is 11.3 Å². The van der Waals surface area contributed by atoms with Gasteiger partial charge in [-0.2, -0.15) is 0 Å². The number of amides is 1. The summed E-state index contributed by atoms with van der Waals surface area (Å²) in [7, 11) is 0. The largest absolute Gasteiger partial charge is 0.486 e. The van der Waals surface area contributed by atoms with E-state index in [9.17, 15) is 9.59 Å². The molecule has 1 saturated heterocycles. The topological polar surface area (TPSA) is 76.1 Å². The van der Waals surface area contributed by atoms with Crippen LogP contribution in [-0.4, -0.2) is 48.2 Å². The van der Waals surface area contributed by atoms with E-state index in [1.165, 1.54) is 0 Å². The zero-order valence-corrected chi connectivity index (χ0v) is 12.8. The first kappa shape index (κ1) is 14.4. The Morgan fingerprint density at radius 1 is 1.13 bits per heavy atom. The fraction of sp³-hybridized carbons (Fsp3) is 0.529. The molecule has 6 heteroatoms. The molecule has 2 fully saturated rings. The van der Waals surface area contributed by atoms with Crippen LogP contribution in [0.15, 0.2) is 18.2 Å². The number of hydrogen-bond acceptors (Lipinski definition) is 4. The third kappa shape index (κ3) is 2.42. The van der Waals surface area contributed by atoms with Gasteiger partial charge in [0.2, 0.25) is 0 Å². The van der Waals surface area contributed by atoms with Gasteiger partial charge in [0.15, 0.2) is 11.5 Å². The Kier molecular flexibility index (Phi) is 3.21. The molecule has 0 bridgehead atoms. The highest BCUT2D eigenvalue weighted by Crippen LogP contribution is 2.59. The minimum atomic E-state index is -0.698. The molecule has 1 amide bonds. The second-order valence-electron chi connectivity index (χ2n) is 6.61. The van der Waals surface area contributed by atoms with Gasteiger partial charge in [0, 0.05) is 18.7 Å². The van der Waals surface area contributed by atoms with Gasteiger partial charge in [0.1, 0.15) is 13.2 Å². The second kappa shape index (κ2) is 5.15. The number of rotatable bonds is 2. The third-order valence-corrected chi connectivity index (χ3v) is 5.32. The molecule has 122 valence electrons. The zero-order chi connectivity index (χ0) is 16.0. The molecule has 0 aromatic heterocycles. The van der Waals surface area contributed by atoms with Crippen molar-refractivity contribution < 1.29 is 24.2 Å². The molecule has 0 radical (unpaired) electrons. The molecular formula is C17H19NO5. The predicted octanol–water partition coefficient (Wildman–Crippen LogP) is 1.78. The maximum atomic E-state index is 12.6. The first-order chi connectivity index (χ1) is 11.1. The number of carbonyl (C=O) groups is 2. The van der Waals surface area contributed by atoms with E-state index in [0.29, 0.717) is 43.4 Å². The summed E-state index contributed by atoms with van der Waals surface area (Å²) in [6.45, 7) is 2.26. The number of carboxylic acid groups (broad SMARTS) is 1. The van der Waals surface area contributed by atoms with Crippen molar-refractivity contribution >= 4 is 11.9 Å². The Balaban J connectivity index is 1.43. The minimum Gasteiger partial charge on any atom is -0.486 e. The highest BCUT2D eigenvalue weighted by molar-refractivity contribution is 5.95. The molecule has 1 aliphatic carbocycles. The number of nitrogens with zero attached hydrogens (tertiary/aromatic N) is 1. The average Bonchev–Trinajstić information content (AvgIpc) is 3.28. The van der Waals surface area contributed by atoms with E-state index in [2.05, 4.69) is 0 Å². The number of piperidine rings is 1. The lowest BCUT2D eigenvalue weighted by Gasteiger charge is -2.32. The van der Waals surface area contributed by atoms with Gasteiger partial charge in [-0.15, -0.1) is 0 Å². The molecule has 1 aromatic rings. The average molecular weight is 317 g/mol. The fourth-order valence-electron chi connectivity index (χ4n) is 3.76. The molecule has 6 nitrogen and oxygen atoms in total. The number of carbonyl (C=O) groups excluding carboxylic acids is 1. The summed E-state index contributed by atoms with van der Waals surface area (Å²) >= 11 is 0. The Labute approximate surface area is 134 Å². The van der Waals surface area contributed by atoms with Crippen molar-refractivity contribution in [2.75, 3.05) is 26.3 Å². The smallest absolute Gasteiger partial charge is 0.307 e. The first-order valence-electron chi connectivity index (χ1n) is 8.01. The van der Waals surface area contributed by atoms with Gasteiger partial charge in [-0.3, -0.25) is 9.59 Å². The highest BCUT2D eigenvalue weighted by atomic mass is 16.6. The number of benzene rings is 1. The van der Waals surface area contributed by atoms with Crippen molar-refractivity contribution in [3.05, 3.63) is 23.8 Å². The van der Waals surface area contributed by atoms with Crippen LogP contribution >= 0.6 is 0 Å². The summed E-state index contributed by atoms with van der Waals surface area (Å²) in [5, 5.41) is 9.13. The quantitative estimate of drug-likeness (QED) is 0.900.